The van der Waals surface area contributed by atoms with Crippen LogP contribution in [0.25, 0.3) is 23.0 Å². The van der Waals surface area contributed by atoms with Gasteiger partial charge >= 0.3 is 0 Å². The van der Waals surface area contributed by atoms with Crippen LogP contribution in [0.15, 0.2) is 59.6 Å². The number of benzene rings is 2. The summed E-state index contributed by atoms with van der Waals surface area (Å²) in [6.45, 7) is 7.59. The molecule has 1 aliphatic heterocycles. The normalized spacial score (nSPS) is 14.9. The first-order valence-electron chi connectivity index (χ1n) is 11.7. The lowest BCUT2D eigenvalue weighted by Crippen LogP contribution is -2.28. The molecule has 0 atom stereocenters. The molecule has 0 bridgehead atoms. The summed E-state index contributed by atoms with van der Waals surface area (Å²) in [5.74, 6) is 0.854. The van der Waals surface area contributed by atoms with E-state index in [1.807, 2.05) is 66.3 Å². The Balaban J connectivity index is 1.74. The molecule has 0 aliphatic carbocycles. The molecule has 0 unspecified atom stereocenters. The van der Waals surface area contributed by atoms with Gasteiger partial charge in [0.1, 0.15) is 15.8 Å². The van der Waals surface area contributed by atoms with Crippen molar-refractivity contribution in [2.45, 2.75) is 40.0 Å². The number of thiocarbonyl (C=S) groups is 1. The minimum absolute atomic E-state index is 0.0265. The number of nitrogens with zero attached hydrogens (tertiary/aromatic N) is 3. The van der Waals surface area contributed by atoms with E-state index in [1.165, 1.54) is 11.8 Å². The third-order valence-electron chi connectivity index (χ3n) is 5.57. The minimum Gasteiger partial charge on any atom is -0.493 e. The van der Waals surface area contributed by atoms with Crippen LogP contribution >= 0.6 is 24.0 Å². The highest BCUT2D eigenvalue weighted by Gasteiger charge is 2.31. The SMILES string of the molecule is CCCCN1C(=O)C(=Cc2cn(-c3ccccc3)nc2-c2ccc(OCCC)c(C)c2)SC1=S. The number of carbonyl (C=O) groups is 1. The van der Waals surface area contributed by atoms with Gasteiger partial charge in [-0.1, -0.05) is 62.4 Å². The van der Waals surface area contributed by atoms with Gasteiger partial charge in [0.15, 0.2) is 0 Å². The minimum atomic E-state index is -0.0265. The predicted molar refractivity (Wildman–Crippen MR) is 144 cm³/mol. The second kappa shape index (κ2) is 11.0. The van der Waals surface area contributed by atoms with E-state index in [4.69, 9.17) is 22.1 Å². The fraction of sp³-hybridized carbons (Fsp3) is 0.296. The van der Waals surface area contributed by atoms with E-state index in [0.717, 1.165) is 53.1 Å². The van der Waals surface area contributed by atoms with Gasteiger partial charge in [-0.05, 0) is 61.7 Å². The van der Waals surface area contributed by atoms with Gasteiger partial charge in [0, 0.05) is 23.9 Å². The van der Waals surface area contributed by atoms with Crippen LogP contribution in [-0.2, 0) is 4.79 Å². The van der Waals surface area contributed by atoms with E-state index in [0.29, 0.717) is 22.4 Å². The number of amides is 1. The Kier molecular flexibility index (Phi) is 7.85. The summed E-state index contributed by atoms with van der Waals surface area (Å²) in [6, 6.07) is 16.1. The van der Waals surface area contributed by atoms with Crippen LogP contribution in [-0.4, -0.2) is 38.1 Å². The van der Waals surface area contributed by atoms with Crippen LogP contribution in [0.3, 0.4) is 0 Å². The maximum Gasteiger partial charge on any atom is 0.266 e. The molecule has 34 heavy (non-hydrogen) atoms. The molecule has 1 aliphatic rings. The summed E-state index contributed by atoms with van der Waals surface area (Å²) in [6.07, 6.45) is 6.80. The largest absolute Gasteiger partial charge is 0.493 e. The Hall–Kier alpha value is -2.90. The zero-order valence-electron chi connectivity index (χ0n) is 19.8. The summed E-state index contributed by atoms with van der Waals surface area (Å²) in [7, 11) is 0. The molecule has 1 aromatic heterocycles. The smallest absolute Gasteiger partial charge is 0.266 e. The molecule has 2 aromatic carbocycles. The highest BCUT2D eigenvalue weighted by Crippen LogP contribution is 2.35. The lowest BCUT2D eigenvalue weighted by Gasteiger charge is -2.13. The number of ether oxygens (including phenoxy) is 1. The fourth-order valence-corrected chi connectivity index (χ4v) is 5.05. The molecule has 0 spiro atoms. The van der Waals surface area contributed by atoms with Gasteiger partial charge in [-0.2, -0.15) is 5.10 Å². The van der Waals surface area contributed by atoms with Crippen molar-refractivity contribution in [3.8, 4) is 22.7 Å². The first-order chi connectivity index (χ1) is 16.5. The summed E-state index contributed by atoms with van der Waals surface area (Å²) in [5.41, 5.74) is 4.67. The van der Waals surface area contributed by atoms with Gasteiger partial charge in [0.2, 0.25) is 0 Å². The number of rotatable bonds is 9. The molecule has 4 rings (SSSR count). The lowest BCUT2D eigenvalue weighted by atomic mass is 10.0. The Morgan fingerprint density at radius 2 is 1.91 bits per heavy atom. The van der Waals surface area contributed by atoms with Crippen molar-refractivity contribution in [1.82, 2.24) is 14.7 Å². The molecule has 1 saturated heterocycles. The topological polar surface area (TPSA) is 47.4 Å². The third-order valence-corrected chi connectivity index (χ3v) is 6.95. The van der Waals surface area contributed by atoms with Gasteiger partial charge < -0.3 is 4.74 Å². The zero-order valence-corrected chi connectivity index (χ0v) is 21.4. The van der Waals surface area contributed by atoms with Crippen molar-refractivity contribution in [2.75, 3.05) is 13.2 Å². The van der Waals surface area contributed by atoms with Crippen molar-refractivity contribution < 1.29 is 9.53 Å². The van der Waals surface area contributed by atoms with Gasteiger partial charge in [0.25, 0.3) is 5.91 Å². The summed E-state index contributed by atoms with van der Waals surface area (Å²) < 4.78 is 8.33. The van der Waals surface area contributed by atoms with Crippen LogP contribution in [0.5, 0.6) is 5.75 Å². The van der Waals surface area contributed by atoms with Gasteiger partial charge in [-0.15, -0.1) is 0 Å². The number of hydrogen-bond donors (Lipinski definition) is 0. The van der Waals surface area contributed by atoms with Crippen molar-refractivity contribution in [1.29, 1.82) is 0 Å². The molecule has 176 valence electrons. The summed E-state index contributed by atoms with van der Waals surface area (Å²) in [5, 5.41) is 4.90. The Labute approximate surface area is 210 Å². The van der Waals surface area contributed by atoms with Crippen molar-refractivity contribution in [3.63, 3.8) is 0 Å². The van der Waals surface area contributed by atoms with Crippen LogP contribution < -0.4 is 4.74 Å². The highest BCUT2D eigenvalue weighted by molar-refractivity contribution is 8.26. The maximum atomic E-state index is 13.1. The second-order valence-electron chi connectivity index (χ2n) is 8.23. The highest BCUT2D eigenvalue weighted by atomic mass is 32.2. The van der Waals surface area contributed by atoms with Crippen LogP contribution in [0, 0.1) is 6.92 Å². The maximum absolute atomic E-state index is 13.1. The molecular weight excluding hydrogens is 462 g/mol. The van der Waals surface area contributed by atoms with E-state index in [9.17, 15) is 4.79 Å². The second-order valence-corrected chi connectivity index (χ2v) is 9.90. The number of aryl methyl sites for hydroxylation is 1. The Morgan fingerprint density at radius 1 is 1.12 bits per heavy atom. The first kappa shape index (κ1) is 24.2. The van der Waals surface area contributed by atoms with Crippen molar-refractivity contribution >= 4 is 40.3 Å². The average molecular weight is 492 g/mol. The molecule has 0 radical (unpaired) electrons. The summed E-state index contributed by atoms with van der Waals surface area (Å²) in [4.78, 5) is 15.4. The Bertz CT molecular complexity index is 1220. The molecule has 1 amide bonds. The lowest BCUT2D eigenvalue weighted by molar-refractivity contribution is -0.122. The van der Waals surface area contributed by atoms with Crippen molar-refractivity contribution in [3.05, 3.63) is 70.8 Å². The predicted octanol–water partition coefficient (Wildman–Crippen LogP) is 6.64. The average Bonchev–Trinajstić information content (AvgIpc) is 3.38. The van der Waals surface area contributed by atoms with E-state index < -0.39 is 0 Å². The van der Waals surface area contributed by atoms with E-state index in [1.54, 1.807) is 4.90 Å². The van der Waals surface area contributed by atoms with Gasteiger partial charge in [0.05, 0.1) is 17.2 Å². The molecular formula is C27H29N3O2S2. The molecule has 1 fully saturated rings. The molecule has 0 N–H and O–H groups in total. The van der Waals surface area contributed by atoms with E-state index >= 15 is 0 Å². The zero-order chi connectivity index (χ0) is 24.1. The number of carbonyl (C=O) groups excluding carboxylic acids is 1. The first-order valence-corrected chi connectivity index (χ1v) is 12.9. The van der Waals surface area contributed by atoms with Crippen molar-refractivity contribution in [2.24, 2.45) is 0 Å². The van der Waals surface area contributed by atoms with Gasteiger partial charge in [-0.25, -0.2) is 4.68 Å². The molecule has 5 nitrogen and oxygen atoms in total. The molecule has 3 aromatic rings. The van der Waals surface area contributed by atoms with Crippen LogP contribution in [0.1, 0.15) is 44.2 Å². The van der Waals surface area contributed by atoms with Crippen LogP contribution in [0.2, 0.25) is 0 Å². The number of aromatic nitrogens is 2. The third kappa shape index (κ3) is 5.26. The number of hydrogen-bond acceptors (Lipinski definition) is 5. The fourth-order valence-electron chi connectivity index (χ4n) is 3.75. The standard InChI is InChI=1S/C27H29N3O2S2/c1-4-6-14-29-26(31)24(34-27(29)33)17-21-18-30(22-10-8-7-9-11-22)28-25(21)20-12-13-23(19(3)16-20)32-15-5-2/h7-13,16-18H,4-6,14-15H2,1-3H3. The van der Waals surface area contributed by atoms with Crippen LogP contribution in [0.4, 0.5) is 0 Å². The van der Waals surface area contributed by atoms with E-state index in [-0.39, 0.29) is 5.91 Å². The van der Waals surface area contributed by atoms with Gasteiger partial charge in [-0.3, -0.25) is 9.69 Å². The monoisotopic (exact) mass is 491 g/mol. The number of para-hydroxylation sites is 1. The quantitative estimate of drug-likeness (QED) is 0.248. The molecule has 2 heterocycles. The summed E-state index contributed by atoms with van der Waals surface area (Å²) >= 11 is 6.85. The van der Waals surface area contributed by atoms with E-state index in [2.05, 4.69) is 19.9 Å². The Morgan fingerprint density at radius 3 is 2.62 bits per heavy atom. The number of thioether (sulfide) groups is 1. The molecule has 7 heteroatoms. The molecule has 0 saturated carbocycles. The number of unbranched alkanes of at least 4 members (excludes halogenated alkanes) is 1.